The maximum Gasteiger partial charge on any atom is 0.345 e. The van der Waals surface area contributed by atoms with E-state index in [0.717, 1.165) is 5.56 Å². The highest BCUT2D eigenvalue weighted by molar-refractivity contribution is 7.20. The zero-order valence-electron chi connectivity index (χ0n) is 33.1. The third-order valence-electron chi connectivity index (χ3n) is 9.94. The maximum absolute atomic E-state index is 15.4. The zero-order chi connectivity index (χ0) is 51.0. The van der Waals surface area contributed by atoms with E-state index in [4.69, 9.17) is 9.47 Å². The number of nitrogens with zero attached hydrogens (tertiary/aromatic N) is 2. The first-order valence-electron chi connectivity index (χ1n) is 17.8. The molecule has 0 radical (unpaired) electrons. The lowest BCUT2D eigenvalue weighted by Gasteiger charge is -2.44. The summed E-state index contributed by atoms with van der Waals surface area (Å²) in [6.07, 6.45) is -0.480. The second-order valence-corrected chi connectivity index (χ2v) is 13.4. The summed E-state index contributed by atoms with van der Waals surface area (Å²) in [4.78, 5) is 28.2. The monoisotopic (exact) mass is 992 g/mol. The van der Waals surface area contributed by atoms with Gasteiger partial charge >= 0.3 is 11.9 Å². The fourth-order valence-corrected chi connectivity index (χ4v) is 7.00. The highest BCUT2D eigenvalue weighted by atomic mass is 19.2. The van der Waals surface area contributed by atoms with Crippen LogP contribution in [0.5, 0.6) is 0 Å². The van der Waals surface area contributed by atoms with Gasteiger partial charge < -0.3 is 9.47 Å². The Morgan fingerprint density at radius 3 is 0.926 bits per heavy atom. The molecule has 0 aliphatic rings. The van der Waals surface area contributed by atoms with Gasteiger partial charge in [0, 0.05) is 5.57 Å². The molecule has 0 aliphatic heterocycles. The van der Waals surface area contributed by atoms with Gasteiger partial charge in [-0.1, -0.05) is 30.3 Å². The van der Waals surface area contributed by atoms with Crippen LogP contribution in [-0.4, -0.2) is 37.3 Å². The van der Waals surface area contributed by atoms with Gasteiger partial charge in [-0.25, -0.2) is 97.4 Å². The van der Waals surface area contributed by atoms with Gasteiger partial charge in [0.25, 0.3) is 0 Å². The van der Waals surface area contributed by atoms with Gasteiger partial charge in [0.1, 0.15) is 52.7 Å². The van der Waals surface area contributed by atoms with Crippen LogP contribution in [0.25, 0.3) is 5.57 Å². The molecular weight excluding hydrogens is 975 g/mol. The van der Waals surface area contributed by atoms with Gasteiger partial charge in [-0.05, 0) is 5.56 Å². The van der Waals surface area contributed by atoms with Crippen LogP contribution in [-0.2, 0) is 25.6 Å². The molecule has 5 aromatic carbocycles. The van der Waals surface area contributed by atoms with Crippen LogP contribution in [0.3, 0.4) is 0 Å². The fraction of sp³-hybridized carbons (Fsp3) is 0.0732. The molecule has 6 aromatic rings. The largest absolute Gasteiger partial charge is 0.465 e. The van der Waals surface area contributed by atoms with Crippen molar-refractivity contribution < 1.29 is 111 Å². The lowest BCUT2D eigenvalue weighted by atomic mass is 9.12. The van der Waals surface area contributed by atoms with E-state index >= 15 is 35.1 Å². The Kier molecular flexibility index (Phi) is 15.0. The quantitative estimate of drug-likeness (QED) is 0.0180. The highest BCUT2D eigenvalue weighted by Gasteiger charge is 2.52. The maximum atomic E-state index is 15.4. The number of benzene rings is 5. The molecule has 0 spiro atoms. The van der Waals surface area contributed by atoms with Crippen molar-refractivity contribution in [2.24, 2.45) is 0 Å². The normalized spacial score (nSPS) is 11.3. The summed E-state index contributed by atoms with van der Waals surface area (Å²) in [5, 5.41) is 0. The number of esters is 2. The number of carbonyl (C=O) groups excluding carboxylic acids is 2. The molecule has 0 N–H and O–H groups in total. The molecule has 0 saturated carbocycles. The predicted molar refractivity (Wildman–Crippen MR) is 191 cm³/mol. The molecule has 358 valence electrons. The first kappa shape index (κ1) is 51.5. The van der Waals surface area contributed by atoms with Crippen LogP contribution in [0.2, 0.25) is 0 Å². The fourth-order valence-electron chi connectivity index (χ4n) is 7.00. The van der Waals surface area contributed by atoms with E-state index in [-0.39, 0.29) is 5.57 Å². The van der Waals surface area contributed by atoms with Crippen LogP contribution in [0.15, 0.2) is 60.7 Å². The molecule has 0 bridgehead atoms. The molecule has 1 aromatic heterocycles. The third-order valence-corrected chi connectivity index (χ3v) is 9.94. The van der Waals surface area contributed by atoms with Crippen molar-refractivity contribution >= 4 is 45.5 Å². The lowest BCUT2D eigenvalue weighted by molar-refractivity contribution is -0.684. The number of hydrogen-bond donors (Lipinski definition) is 0. The number of carbonyl (C=O) groups is 2. The van der Waals surface area contributed by atoms with Gasteiger partial charge in [0.2, 0.25) is 0 Å². The van der Waals surface area contributed by atoms with Crippen LogP contribution >= 0.6 is 0 Å². The molecule has 0 saturated heterocycles. The Morgan fingerprint density at radius 2 is 0.676 bits per heavy atom. The van der Waals surface area contributed by atoms with Crippen LogP contribution in [0.4, 0.5) is 87.8 Å². The third kappa shape index (κ3) is 8.32. The van der Waals surface area contributed by atoms with Gasteiger partial charge in [0.05, 0.1) is 26.6 Å². The molecule has 27 heteroatoms. The molecule has 1 heterocycles. The van der Waals surface area contributed by atoms with Gasteiger partial charge in [-0.15, -0.1) is 21.9 Å². The standard InChI is InChI=1S/C24BF20.C17H17N2O4/c26-5-1(6(27)14(35)21(42)13(5)34)25(2-7(28)15(36)22(43)16(37)8(2)29,3-9(30)17(38)23(44)18(39)10(3)31)4-11(32)19(40)24(45)20(41)12(4)33;1-22-16(20)15(17(21)23-2)14(13-6-4-3-5-7-13)12-19-10-8-18-9-11-19/h;3-11H,12H2,1-2H3/q-1;+1. The minimum absolute atomic E-state index is 0.120. The highest BCUT2D eigenvalue weighted by Crippen LogP contribution is 2.31. The molecule has 0 amide bonds. The Labute approximate surface area is 365 Å². The van der Waals surface area contributed by atoms with Crippen LogP contribution < -0.4 is 26.4 Å². The number of aromatic nitrogens is 2. The average Bonchev–Trinajstić information content (AvgIpc) is 3.34. The second kappa shape index (κ2) is 19.8. The molecule has 6 nitrogen and oxygen atoms in total. The van der Waals surface area contributed by atoms with Crippen molar-refractivity contribution in [1.29, 1.82) is 0 Å². The smallest absolute Gasteiger partial charge is 0.345 e. The van der Waals surface area contributed by atoms with Crippen LogP contribution in [0, 0.1) is 116 Å². The molecule has 0 aliphatic carbocycles. The van der Waals surface area contributed by atoms with Gasteiger partial charge in [-0.3, -0.25) is 4.98 Å². The summed E-state index contributed by atoms with van der Waals surface area (Å²) >= 11 is 0. The Morgan fingerprint density at radius 1 is 0.426 bits per heavy atom. The number of ether oxygens (including phenoxy) is 2. The van der Waals surface area contributed by atoms with Gasteiger partial charge in [-0.2, -0.15) is 4.57 Å². The Bertz CT molecular complexity index is 2650. The average molecular weight is 992 g/mol. The molecule has 0 unspecified atom stereocenters. The van der Waals surface area contributed by atoms with Crippen molar-refractivity contribution in [3.8, 4) is 0 Å². The van der Waals surface area contributed by atoms with E-state index in [9.17, 15) is 62.3 Å². The van der Waals surface area contributed by atoms with Gasteiger partial charge in [0.15, 0.2) is 94.3 Å². The topological polar surface area (TPSA) is 69.4 Å². The van der Waals surface area contributed by atoms with E-state index in [1.165, 1.54) is 14.2 Å². The number of methoxy groups -OCH3 is 2. The zero-order valence-corrected chi connectivity index (χ0v) is 33.1. The summed E-state index contributed by atoms with van der Waals surface area (Å²) in [6, 6.07) is 9.17. The Hall–Kier alpha value is -7.48. The van der Waals surface area contributed by atoms with Crippen molar-refractivity contribution in [3.63, 3.8) is 0 Å². The van der Waals surface area contributed by atoms with Crippen molar-refractivity contribution in [2.45, 2.75) is 6.54 Å². The summed E-state index contributed by atoms with van der Waals surface area (Å²) < 4.78 is 305. The molecule has 0 atom stereocenters. The molecule has 0 fully saturated rings. The number of rotatable bonds is 9. The number of allylic oxidation sites excluding steroid dienone is 1. The lowest BCUT2D eigenvalue weighted by Crippen LogP contribution is -2.81. The van der Waals surface area contributed by atoms with E-state index in [1.54, 1.807) is 29.4 Å². The van der Waals surface area contributed by atoms with E-state index in [1.807, 2.05) is 30.3 Å². The minimum Gasteiger partial charge on any atom is -0.465 e. The van der Waals surface area contributed by atoms with E-state index in [0.29, 0.717) is 12.1 Å². The second-order valence-electron chi connectivity index (χ2n) is 13.4. The summed E-state index contributed by atoms with van der Waals surface area (Å²) in [5.74, 6) is -72.9. The molecule has 68 heavy (non-hydrogen) atoms. The van der Waals surface area contributed by atoms with E-state index in [2.05, 4.69) is 4.98 Å². The Balaban J connectivity index is 0.000000314. The van der Waals surface area contributed by atoms with Crippen molar-refractivity contribution in [3.05, 3.63) is 183 Å². The summed E-state index contributed by atoms with van der Waals surface area (Å²) in [6.45, 7) is 0.298. The predicted octanol–water partition coefficient (Wildman–Crippen LogP) is 7.01. The molecular formula is C41H17BF20N2O4. The first-order chi connectivity index (χ1) is 31.9. The van der Waals surface area contributed by atoms with E-state index < -0.39 is 156 Å². The summed E-state index contributed by atoms with van der Waals surface area (Å²) in [7, 11) is 2.46. The minimum atomic E-state index is -7.22. The number of hydrogen-bond acceptors (Lipinski definition) is 5. The summed E-state index contributed by atoms with van der Waals surface area (Å²) in [5.41, 5.74) is -13.2. The van der Waals surface area contributed by atoms with Crippen molar-refractivity contribution in [1.82, 2.24) is 4.98 Å². The number of halogens is 20. The van der Waals surface area contributed by atoms with Crippen molar-refractivity contribution in [2.75, 3.05) is 14.2 Å². The SMILES string of the molecule is COC(=O)C(C(=O)OC)=C(C[n+]1ccncc1)c1ccccc1.Fc1c(F)c(F)c([B-](c2c(F)c(F)c(F)c(F)c2F)(c2c(F)c(F)c(F)c(F)c2F)c2c(F)c(F)c(F)c(F)c2F)c(F)c1F. The molecule has 6 rings (SSSR count). The van der Waals surface area contributed by atoms with Crippen LogP contribution in [0.1, 0.15) is 5.56 Å². The first-order valence-corrected chi connectivity index (χ1v) is 17.8.